The van der Waals surface area contributed by atoms with Crippen molar-refractivity contribution in [3.05, 3.63) is 66.4 Å². The first-order valence-electron chi connectivity index (χ1n) is 11.2. The molecule has 0 spiro atoms. The van der Waals surface area contributed by atoms with Gasteiger partial charge in [-0.05, 0) is 52.0 Å². The van der Waals surface area contributed by atoms with Gasteiger partial charge in [0.2, 0.25) is 17.7 Å². The Morgan fingerprint density at radius 1 is 0.971 bits per heavy atom. The number of pyridine rings is 1. The lowest BCUT2D eigenvalue weighted by Crippen LogP contribution is -2.48. The number of carbonyl (C=O) groups excluding carboxylic acids is 3. The van der Waals surface area contributed by atoms with Crippen molar-refractivity contribution in [2.24, 2.45) is 0 Å². The number of nitrogens with zero attached hydrogens (tertiary/aromatic N) is 2. The van der Waals surface area contributed by atoms with Crippen LogP contribution in [0.4, 0.5) is 11.4 Å². The maximum atomic E-state index is 13.2. The highest BCUT2D eigenvalue weighted by atomic mass is 32.2. The van der Waals surface area contributed by atoms with Gasteiger partial charge in [-0.3, -0.25) is 23.6 Å². The zero-order valence-corrected chi connectivity index (χ0v) is 21.1. The van der Waals surface area contributed by atoms with Crippen LogP contribution < -0.4 is 15.5 Å². The number of carbonyl (C=O) groups is 3. The Hall–Kier alpha value is -3.59. The molecular weight excluding hydrogens is 464 g/mol. The fourth-order valence-corrected chi connectivity index (χ4v) is 4.28. The minimum absolute atomic E-state index is 0.261. The number of fused-ring (bicyclic) bond motifs is 1. The van der Waals surface area contributed by atoms with Crippen molar-refractivity contribution in [3.8, 4) is 0 Å². The van der Waals surface area contributed by atoms with E-state index in [-0.39, 0.29) is 18.2 Å². The van der Waals surface area contributed by atoms with Gasteiger partial charge in [0.05, 0.1) is 17.4 Å². The summed E-state index contributed by atoms with van der Waals surface area (Å²) < 4.78 is 12.7. The zero-order chi connectivity index (χ0) is 25.6. The molecule has 1 aromatic heterocycles. The average molecular weight is 495 g/mol. The number of aromatic nitrogens is 1. The summed E-state index contributed by atoms with van der Waals surface area (Å²) in [6.45, 7) is 7.21. The van der Waals surface area contributed by atoms with Crippen LogP contribution in [0.15, 0.2) is 60.8 Å². The molecular formula is C26H30N4O4S. The average Bonchev–Trinajstić information content (AvgIpc) is 2.77. The largest absolute Gasteiger partial charge is 0.350 e. The van der Waals surface area contributed by atoms with Crippen molar-refractivity contribution in [2.75, 3.05) is 28.3 Å². The summed E-state index contributed by atoms with van der Waals surface area (Å²) in [4.78, 5) is 43.7. The minimum Gasteiger partial charge on any atom is -0.350 e. The van der Waals surface area contributed by atoms with Crippen molar-refractivity contribution in [3.63, 3.8) is 0 Å². The Morgan fingerprint density at radius 3 is 2.34 bits per heavy atom. The first-order chi connectivity index (χ1) is 16.5. The number of rotatable bonds is 8. The minimum atomic E-state index is -1.77. The summed E-state index contributed by atoms with van der Waals surface area (Å²) in [7, 11) is -1.77. The van der Waals surface area contributed by atoms with E-state index in [0.29, 0.717) is 11.4 Å². The molecule has 1 heterocycles. The van der Waals surface area contributed by atoms with E-state index in [0.717, 1.165) is 16.5 Å². The Bertz CT molecular complexity index is 1250. The van der Waals surface area contributed by atoms with Crippen LogP contribution in [0, 0.1) is 6.92 Å². The number of aryl methyl sites for hydroxylation is 1. The first-order valence-corrected chi connectivity index (χ1v) is 12.7. The van der Waals surface area contributed by atoms with Gasteiger partial charge in [-0.25, -0.2) is 0 Å². The number of anilines is 2. The molecule has 8 nitrogen and oxygen atoms in total. The number of nitrogens with one attached hydrogen (secondary N) is 2. The Morgan fingerprint density at radius 2 is 1.66 bits per heavy atom. The summed E-state index contributed by atoms with van der Waals surface area (Å²) in [5.74, 6) is -2.09. The lowest BCUT2D eigenvalue weighted by molar-refractivity contribution is -0.124. The fourth-order valence-electron chi connectivity index (χ4n) is 3.38. The predicted octanol–water partition coefficient (Wildman–Crippen LogP) is 3.18. The van der Waals surface area contributed by atoms with Crippen molar-refractivity contribution in [2.45, 2.75) is 33.2 Å². The third kappa shape index (κ3) is 7.99. The van der Waals surface area contributed by atoms with Gasteiger partial charge in [0.25, 0.3) is 0 Å². The van der Waals surface area contributed by atoms with Crippen LogP contribution in [-0.2, 0) is 25.2 Å². The van der Waals surface area contributed by atoms with E-state index in [1.54, 1.807) is 18.2 Å². The maximum absolute atomic E-state index is 13.2. The summed E-state index contributed by atoms with van der Waals surface area (Å²) in [5.41, 5.74) is 2.32. The van der Waals surface area contributed by atoms with E-state index in [1.165, 1.54) is 11.1 Å². The molecule has 3 aromatic rings. The second-order valence-electron chi connectivity index (χ2n) is 9.31. The van der Waals surface area contributed by atoms with Gasteiger partial charge in [0.1, 0.15) is 18.1 Å². The second-order valence-corrected chi connectivity index (χ2v) is 10.8. The van der Waals surface area contributed by atoms with Crippen molar-refractivity contribution < 1.29 is 18.6 Å². The van der Waals surface area contributed by atoms with E-state index in [4.69, 9.17) is 0 Å². The van der Waals surface area contributed by atoms with Crippen molar-refractivity contribution >= 4 is 50.8 Å². The predicted molar refractivity (Wildman–Crippen MR) is 140 cm³/mol. The van der Waals surface area contributed by atoms with Crippen LogP contribution in [0.2, 0.25) is 0 Å². The third-order valence-corrected chi connectivity index (χ3v) is 6.07. The molecule has 0 fully saturated rings. The second kappa shape index (κ2) is 11.2. The maximum Gasteiger partial charge on any atom is 0.240 e. The molecule has 1 atom stereocenters. The molecule has 0 bridgehead atoms. The van der Waals surface area contributed by atoms with Gasteiger partial charge < -0.3 is 15.5 Å². The number of benzene rings is 2. The molecule has 35 heavy (non-hydrogen) atoms. The van der Waals surface area contributed by atoms with Crippen LogP contribution in [0.3, 0.4) is 0 Å². The van der Waals surface area contributed by atoms with Gasteiger partial charge in [0.15, 0.2) is 0 Å². The van der Waals surface area contributed by atoms with Gasteiger partial charge in [-0.2, -0.15) is 0 Å². The molecule has 2 aromatic carbocycles. The summed E-state index contributed by atoms with van der Waals surface area (Å²) in [6.07, 6.45) is 1.51. The smallest absolute Gasteiger partial charge is 0.240 e. The number of hydrogen-bond donors (Lipinski definition) is 2. The molecule has 0 aliphatic carbocycles. The molecule has 0 aliphatic rings. The van der Waals surface area contributed by atoms with Crippen molar-refractivity contribution in [1.82, 2.24) is 10.3 Å². The van der Waals surface area contributed by atoms with E-state index >= 15 is 0 Å². The fraction of sp³-hybridized carbons (Fsp3) is 0.308. The van der Waals surface area contributed by atoms with E-state index in [2.05, 4.69) is 15.6 Å². The van der Waals surface area contributed by atoms with Crippen LogP contribution in [-0.4, -0.2) is 50.5 Å². The topological polar surface area (TPSA) is 108 Å². The van der Waals surface area contributed by atoms with Crippen LogP contribution in [0.25, 0.3) is 10.9 Å². The molecule has 3 rings (SSSR count). The Balaban J connectivity index is 1.73. The standard InChI is InChI=1S/C26H30N4O4S/c1-18-9-11-20(12-10-18)28-24(32)16-35(34)17-25(33)30(15-23(31)29-26(2,3)4)21-13-19-7-5-6-8-22(19)27-14-21/h5-14H,15-17H2,1-4H3,(H,28,32)(H,29,31). The van der Waals surface area contributed by atoms with E-state index in [9.17, 15) is 18.6 Å². The molecule has 0 saturated carbocycles. The number of amides is 3. The molecule has 1 unspecified atom stereocenters. The van der Waals surface area contributed by atoms with E-state index < -0.39 is 33.9 Å². The SMILES string of the molecule is Cc1ccc(NC(=O)CS(=O)CC(=O)N(CC(=O)NC(C)(C)C)c2cnc3ccccc3c2)cc1. The summed E-state index contributed by atoms with van der Waals surface area (Å²) in [5, 5.41) is 6.32. The Kier molecular flexibility index (Phi) is 8.34. The third-order valence-electron chi connectivity index (χ3n) is 4.92. The lowest BCUT2D eigenvalue weighted by Gasteiger charge is -2.26. The molecule has 2 N–H and O–H groups in total. The van der Waals surface area contributed by atoms with Gasteiger partial charge in [0, 0.05) is 27.4 Å². The number of hydrogen-bond acceptors (Lipinski definition) is 5. The van der Waals surface area contributed by atoms with Crippen LogP contribution in [0.5, 0.6) is 0 Å². The number of para-hydroxylation sites is 1. The summed E-state index contributed by atoms with van der Waals surface area (Å²) in [6, 6.07) is 16.4. The van der Waals surface area contributed by atoms with Gasteiger partial charge >= 0.3 is 0 Å². The molecule has 0 radical (unpaired) electrons. The molecule has 184 valence electrons. The van der Waals surface area contributed by atoms with Crippen LogP contribution in [0.1, 0.15) is 26.3 Å². The normalized spacial score (nSPS) is 12.1. The first kappa shape index (κ1) is 26.0. The summed E-state index contributed by atoms with van der Waals surface area (Å²) >= 11 is 0. The monoisotopic (exact) mass is 494 g/mol. The molecule has 0 aliphatic heterocycles. The van der Waals surface area contributed by atoms with Crippen LogP contribution >= 0.6 is 0 Å². The lowest BCUT2D eigenvalue weighted by atomic mass is 10.1. The highest BCUT2D eigenvalue weighted by Gasteiger charge is 2.24. The molecule has 3 amide bonds. The Labute approximate surface area is 207 Å². The molecule has 0 saturated heterocycles. The zero-order valence-electron chi connectivity index (χ0n) is 20.3. The van der Waals surface area contributed by atoms with Gasteiger partial charge in [-0.1, -0.05) is 35.9 Å². The van der Waals surface area contributed by atoms with E-state index in [1.807, 2.05) is 64.1 Å². The highest BCUT2D eigenvalue weighted by Crippen LogP contribution is 2.20. The van der Waals surface area contributed by atoms with Crippen molar-refractivity contribution in [1.29, 1.82) is 0 Å². The quantitative estimate of drug-likeness (QED) is 0.500. The molecule has 9 heteroatoms. The van der Waals surface area contributed by atoms with Gasteiger partial charge in [-0.15, -0.1) is 0 Å². The highest BCUT2D eigenvalue weighted by molar-refractivity contribution is 7.86.